The molecule has 1 atom stereocenters. The molecule has 2 bridgehead atoms. The first kappa shape index (κ1) is 22.5. The molecule has 7 rings (SSSR count). The van der Waals surface area contributed by atoms with Crippen molar-refractivity contribution in [3.63, 3.8) is 0 Å². The predicted octanol–water partition coefficient (Wildman–Crippen LogP) is 5.72. The highest BCUT2D eigenvalue weighted by Gasteiger charge is 2.44. The minimum atomic E-state index is -0.141. The van der Waals surface area contributed by atoms with Gasteiger partial charge in [0, 0.05) is 29.7 Å². The van der Waals surface area contributed by atoms with Crippen LogP contribution in [0.1, 0.15) is 46.4 Å². The zero-order valence-corrected chi connectivity index (χ0v) is 20.1. The Morgan fingerprint density at radius 3 is 2.36 bits per heavy atom. The molecule has 0 spiro atoms. The van der Waals surface area contributed by atoms with E-state index in [2.05, 4.69) is 15.2 Å². The minimum Gasteiger partial charge on any atom is -0.350 e. The first-order valence-corrected chi connectivity index (χ1v) is 12.8. The molecule has 3 aromatic carbocycles. The number of pyridine rings is 1. The van der Waals surface area contributed by atoms with Gasteiger partial charge in [-0.25, -0.2) is 0 Å². The van der Waals surface area contributed by atoms with Crippen molar-refractivity contribution in [2.75, 3.05) is 6.54 Å². The molecule has 180 valence electrons. The van der Waals surface area contributed by atoms with E-state index in [0.29, 0.717) is 23.5 Å². The third kappa shape index (κ3) is 4.05. The molecule has 5 nitrogen and oxygen atoms in total. The number of aromatic nitrogens is 1. The molecule has 2 saturated heterocycles. The SMILES string of the molecule is O=C(NCC1[C@H]2CC[C@@H](CC2)N1C(=O)c1ccccc1-c1ccccc1)c1cccc2cccnc12. The molecule has 4 aromatic rings. The van der Waals surface area contributed by atoms with Crippen LogP contribution < -0.4 is 5.32 Å². The third-order valence-electron chi connectivity index (χ3n) is 7.86. The average molecular weight is 476 g/mol. The van der Waals surface area contributed by atoms with Gasteiger partial charge in [0.05, 0.1) is 17.1 Å². The van der Waals surface area contributed by atoms with E-state index in [1.807, 2.05) is 84.9 Å². The van der Waals surface area contributed by atoms with Crippen LogP contribution in [0.15, 0.2) is 91.1 Å². The first-order chi connectivity index (χ1) is 17.7. The lowest BCUT2D eigenvalue weighted by Gasteiger charge is -2.51. The number of para-hydroxylation sites is 1. The summed E-state index contributed by atoms with van der Waals surface area (Å²) in [7, 11) is 0. The van der Waals surface area contributed by atoms with Gasteiger partial charge in [-0.1, -0.05) is 66.7 Å². The number of rotatable bonds is 5. The van der Waals surface area contributed by atoms with E-state index in [1.54, 1.807) is 6.20 Å². The molecule has 2 amide bonds. The summed E-state index contributed by atoms with van der Waals surface area (Å²) >= 11 is 0. The standard InChI is InChI=1S/C31H29N3O2/c35-30(27-14-6-10-23-11-7-19-32-29(23)27)33-20-28-22-15-17-24(18-16-22)34(28)31(36)26-13-5-4-12-25(26)21-8-2-1-3-9-21/h1-14,19,22,24,28H,15-18,20H2,(H,33,35)/t22-,24-,28?. The van der Waals surface area contributed by atoms with Crippen LogP contribution in [0.4, 0.5) is 0 Å². The van der Waals surface area contributed by atoms with Crippen LogP contribution in [-0.4, -0.2) is 40.3 Å². The van der Waals surface area contributed by atoms with Crippen molar-refractivity contribution in [3.8, 4) is 11.1 Å². The Morgan fingerprint density at radius 2 is 1.53 bits per heavy atom. The summed E-state index contributed by atoms with van der Waals surface area (Å²) in [5.41, 5.74) is 3.99. The monoisotopic (exact) mass is 475 g/mol. The molecule has 1 saturated carbocycles. The van der Waals surface area contributed by atoms with E-state index in [1.165, 1.54) is 0 Å². The van der Waals surface area contributed by atoms with E-state index in [0.717, 1.165) is 47.8 Å². The highest BCUT2D eigenvalue weighted by atomic mass is 16.2. The van der Waals surface area contributed by atoms with E-state index in [9.17, 15) is 9.59 Å². The molecule has 36 heavy (non-hydrogen) atoms. The lowest BCUT2D eigenvalue weighted by molar-refractivity contribution is -0.00233. The van der Waals surface area contributed by atoms with Gasteiger partial charge >= 0.3 is 0 Å². The second-order valence-electron chi connectivity index (χ2n) is 9.85. The van der Waals surface area contributed by atoms with Crippen molar-refractivity contribution in [2.24, 2.45) is 5.92 Å². The number of nitrogens with zero attached hydrogens (tertiary/aromatic N) is 2. The second kappa shape index (κ2) is 9.57. The molecule has 1 aliphatic carbocycles. The van der Waals surface area contributed by atoms with Gasteiger partial charge in [-0.2, -0.15) is 0 Å². The van der Waals surface area contributed by atoms with Gasteiger partial charge in [0.15, 0.2) is 0 Å². The predicted molar refractivity (Wildman–Crippen MR) is 142 cm³/mol. The largest absolute Gasteiger partial charge is 0.350 e. The number of carbonyl (C=O) groups excluding carboxylic acids is 2. The fourth-order valence-corrected chi connectivity index (χ4v) is 6.10. The number of fused-ring (bicyclic) bond motifs is 4. The molecule has 3 aliphatic rings. The molecule has 1 aromatic heterocycles. The van der Waals surface area contributed by atoms with Crippen molar-refractivity contribution in [2.45, 2.75) is 37.8 Å². The van der Waals surface area contributed by atoms with Crippen LogP contribution >= 0.6 is 0 Å². The zero-order valence-electron chi connectivity index (χ0n) is 20.1. The Bertz CT molecular complexity index is 1400. The van der Waals surface area contributed by atoms with Crippen molar-refractivity contribution < 1.29 is 9.59 Å². The normalized spacial score (nSPS) is 20.9. The molecule has 1 N–H and O–H groups in total. The summed E-state index contributed by atoms with van der Waals surface area (Å²) in [6, 6.07) is 27.7. The van der Waals surface area contributed by atoms with Crippen molar-refractivity contribution in [1.82, 2.24) is 15.2 Å². The average Bonchev–Trinajstić information content (AvgIpc) is 2.96. The summed E-state index contributed by atoms with van der Waals surface area (Å²) in [5, 5.41) is 4.10. The Kier molecular flexibility index (Phi) is 5.98. The van der Waals surface area contributed by atoms with Crippen LogP contribution in [0.5, 0.6) is 0 Å². The summed E-state index contributed by atoms with van der Waals surface area (Å²) in [6.45, 7) is 0.447. The fraction of sp³-hybridized carbons (Fsp3) is 0.258. The number of hydrogen-bond acceptors (Lipinski definition) is 3. The number of nitrogens with one attached hydrogen (secondary N) is 1. The minimum absolute atomic E-state index is 0.0132. The molecule has 2 aliphatic heterocycles. The van der Waals surface area contributed by atoms with E-state index in [4.69, 9.17) is 0 Å². The van der Waals surface area contributed by atoms with Gasteiger partial charge in [0.1, 0.15) is 0 Å². The van der Waals surface area contributed by atoms with Gasteiger partial charge < -0.3 is 10.2 Å². The fourth-order valence-electron chi connectivity index (χ4n) is 6.10. The number of carbonyl (C=O) groups is 2. The second-order valence-corrected chi connectivity index (χ2v) is 9.85. The summed E-state index contributed by atoms with van der Waals surface area (Å²) in [5.74, 6) is 0.321. The number of hydrogen-bond donors (Lipinski definition) is 1. The maximum atomic E-state index is 14.1. The maximum Gasteiger partial charge on any atom is 0.255 e. The van der Waals surface area contributed by atoms with Crippen LogP contribution in [0, 0.1) is 5.92 Å². The van der Waals surface area contributed by atoms with Crippen LogP contribution in [-0.2, 0) is 0 Å². The Balaban J connectivity index is 1.28. The molecule has 0 radical (unpaired) electrons. The van der Waals surface area contributed by atoms with Crippen LogP contribution in [0.2, 0.25) is 0 Å². The Hall–Kier alpha value is -3.99. The van der Waals surface area contributed by atoms with Gasteiger partial charge in [0.25, 0.3) is 11.8 Å². The van der Waals surface area contributed by atoms with Crippen LogP contribution in [0.25, 0.3) is 22.0 Å². The van der Waals surface area contributed by atoms with Gasteiger partial charge in [-0.3, -0.25) is 14.6 Å². The molecular formula is C31H29N3O2. The van der Waals surface area contributed by atoms with Crippen LogP contribution in [0.3, 0.4) is 0 Å². The number of amides is 2. The Labute approximate surface area is 211 Å². The maximum absolute atomic E-state index is 14.1. The first-order valence-electron chi connectivity index (χ1n) is 12.8. The Morgan fingerprint density at radius 1 is 0.806 bits per heavy atom. The van der Waals surface area contributed by atoms with E-state index < -0.39 is 0 Å². The number of benzene rings is 3. The number of piperidine rings is 2. The van der Waals surface area contributed by atoms with Crippen molar-refractivity contribution in [1.29, 1.82) is 0 Å². The lowest BCUT2D eigenvalue weighted by Crippen LogP contribution is -2.60. The quantitative estimate of drug-likeness (QED) is 0.402. The molecule has 3 fully saturated rings. The zero-order chi connectivity index (χ0) is 24.5. The highest BCUT2D eigenvalue weighted by molar-refractivity contribution is 6.05. The highest BCUT2D eigenvalue weighted by Crippen LogP contribution is 2.41. The van der Waals surface area contributed by atoms with Crippen molar-refractivity contribution >= 4 is 22.7 Å². The molecule has 5 heteroatoms. The van der Waals surface area contributed by atoms with Gasteiger partial charge in [-0.05, 0) is 60.9 Å². The third-order valence-corrected chi connectivity index (χ3v) is 7.86. The summed E-state index contributed by atoms with van der Waals surface area (Å²) in [4.78, 5) is 33.8. The summed E-state index contributed by atoms with van der Waals surface area (Å²) < 4.78 is 0. The topological polar surface area (TPSA) is 62.3 Å². The smallest absolute Gasteiger partial charge is 0.255 e. The van der Waals surface area contributed by atoms with E-state index >= 15 is 0 Å². The lowest BCUT2D eigenvalue weighted by atomic mass is 9.74. The summed E-state index contributed by atoms with van der Waals surface area (Å²) in [6.07, 6.45) is 5.98. The van der Waals surface area contributed by atoms with Crippen molar-refractivity contribution in [3.05, 3.63) is 102 Å². The van der Waals surface area contributed by atoms with Gasteiger partial charge in [0.2, 0.25) is 0 Å². The van der Waals surface area contributed by atoms with Gasteiger partial charge in [-0.15, -0.1) is 0 Å². The molecule has 1 unspecified atom stereocenters. The molecule has 3 heterocycles. The van der Waals surface area contributed by atoms with E-state index in [-0.39, 0.29) is 23.9 Å². The molecular weight excluding hydrogens is 446 g/mol.